The second-order valence-electron chi connectivity index (χ2n) is 8.58. The summed E-state index contributed by atoms with van der Waals surface area (Å²) in [6.45, 7) is -0.878. The molecule has 0 bridgehead atoms. The van der Waals surface area contributed by atoms with E-state index in [1.807, 2.05) is 0 Å². The van der Waals surface area contributed by atoms with Gasteiger partial charge in [0.05, 0.1) is 49.5 Å². The number of ether oxygens (including phenoxy) is 3. The summed E-state index contributed by atoms with van der Waals surface area (Å²) in [6, 6.07) is 16.3. The molecule has 0 aliphatic carbocycles. The number of hydrogen-bond donors (Lipinski definition) is 1. The molecular weight excluding hydrogens is 526 g/mol. The summed E-state index contributed by atoms with van der Waals surface area (Å²) in [5, 5.41) is 3.13. The maximum Gasteiger partial charge on any atom is 0.332 e. The monoisotopic (exact) mass is 551 g/mol. The molecule has 0 atom stereocenters. The zero-order valence-electron chi connectivity index (χ0n) is 21.5. The number of fused-ring (bicyclic) bond motifs is 1. The third-order valence-electron chi connectivity index (χ3n) is 6.08. The molecule has 0 aliphatic heterocycles. The van der Waals surface area contributed by atoms with E-state index < -0.39 is 30.2 Å². The number of methoxy groups -OCH3 is 3. The molecule has 1 aromatic heterocycles. The fourth-order valence-electron chi connectivity index (χ4n) is 4.16. The quantitative estimate of drug-likeness (QED) is 0.321. The molecule has 1 heterocycles. The Labute approximate surface area is 228 Å². The summed E-state index contributed by atoms with van der Waals surface area (Å²) < 4.78 is 17.6. The first-order chi connectivity index (χ1) is 18.7. The third-order valence-corrected chi connectivity index (χ3v) is 6.37. The van der Waals surface area contributed by atoms with Gasteiger partial charge in [-0.05, 0) is 35.9 Å². The number of halogens is 1. The van der Waals surface area contributed by atoms with E-state index in [1.165, 1.54) is 26.4 Å². The third kappa shape index (κ3) is 5.96. The maximum absolute atomic E-state index is 13.4. The van der Waals surface area contributed by atoms with E-state index in [0.29, 0.717) is 22.8 Å². The van der Waals surface area contributed by atoms with Crippen LogP contribution in [0.3, 0.4) is 0 Å². The van der Waals surface area contributed by atoms with Gasteiger partial charge in [-0.25, -0.2) is 4.79 Å². The summed E-state index contributed by atoms with van der Waals surface area (Å²) in [5.74, 6) is 0.392. The fraction of sp³-hybridized carbons (Fsp3) is 0.214. The molecular formula is C28H26ClN3O7. The van der Waals surface area contributed by atoms with Crippen LogP contribution in [0.25, 0.3) is 10.9 Å². The largest absolute Gasteiger partial charge is 0.497 e. The first-order valence-corrected chi connectivity index (χ1v) is 12.2. The van der Waals surface area contributed by atoms with Gasteiger partial charge in [0.15, 0.2) is 5.78 Å². The van der Waals surface area contributed by atoms with E-state index in [9.17, 15) is 19.2 Å². The van der Waals surface area contributed by atoms with Gasteiger partial charge in [-0.3, -0.25) is 23.5 Å². The number of Topliss-reactive ketones (excluding diaryl/α,β-unsaturated/α-hetero) is 1. The van der Waals surface area contributed by atoms with Crippen LogP contribution in [0, 0.1) is 0 Å². The van der Waals surface area contributed by atoms with Crippen molar-refractivity contribution in [2.24, 2.45) is 0 Å². The Kier molecular flexibility index (Phi) is 8.36. The molecule has 0 aliphatic rings. The lowest BCUT2D eigenvalue weighted by atomic mass is 10.1. The highest BCUT2D eigenvalue weighted by atomic mass is 35.5. The van der Waals surface area contributed by atoms with Crippen molar-refractivity contribution in [3.63, 3.8) is 0 Å². The van der Waals surface area contributed by atoms with Crippen LogP contribution in [-0.2, 0) is 29.1 Å². The molecule has 0 saturated heterocycles. The second kappa shape index (κ2) is 11.9. The maximum atomic E-state index is 13.4. The number of nitrogens with one attached hydrogen (secondary N) is 1. The number of rotatable bonds is 10. The molecule has 0 fully saturated rings. The van der Waals surface area contributed by atoms with Crippen LogP contribution < -0.4 is 30.8 Å². The molecule has 0 radical (unpaired) electrons. The van der Waals surface area contributed by atoms with Crippen LogP contribution in [0.2, 0.25) is 5.02 Å². The van der Waals surface area contributed by atoms with Gasteiger partial charge in [0.1, 0.15) is 23.8 Å². The molecule has 4 aromatic rings. The zero-order chi connectivity index (χ0) is 28.1. The number of carbonyl (C=O) groups is 2. The Bertz CT molecular complexity index is 1660. The minimum Gasteiger partial charge on any atom is -0.497 e. The lowest BCUT2D eigenvalue weighted by molar-refractivity contribution is -0.119. The summed E-state index contributed by atoms with van der Waals surface area (Å²) in [4.78, 5) is 52.5. The number of carbonyl (C=O) groups excluding carboxylic acids is 2. The van der Waals surface area contributed by atoms with E-state index in [4.69, 9.17) is 25.8 Å². The van der Waals surface area contributed by atoms with Crippen molar-refractivity contribution in [1.29, 1.82) is 0 Å². The molecule has 0 saturated carbocycles. The van der Waals surface area contributed by atoms with Gasteiger partial charge in [-0.2, -0.15) is 0 Å². The number of hydrogen-bond acceptors (Lipinski definition) is 7. The summed E-state index contributed by atoms with van der Waals surface area (Å²) >= 11 is 6.20. The van der Waals surface area contributed by atoms with Crippen molar-refractivity contribution in [3.8, 4) is 17.2 Å². The number of amides is 1. The van der Waals surface area contributed by atoms with Crippen LogP contribution >= 0.6 is 11.6 Å². The van der Waals surface area contributed by atoms with E-state index >= 15 is 0 Å². The normalized spacial score (nSPS) is 10.8. The SMILES string of the molecule is COc1ccc(CC(=O)Cn2c(=O)c3ccccc3n(CC(=O)Nc3cc(Cl)c(OC)cc3OC)c2=O)cc1. The number of nitrogens with zero attached hydrogens (tertiary/aromatic N) is 2. The van der Waals surface area contributed by atoms with Gasteiger partial charge in [-0.1, -0.05) is 35.9 Å². The summed E-state index contributed by atoms with van der Waals surface area (Å²) in [7, 11) is 4.42. The number of ketones is 1. The predicted octanol–water partition coefficient (Wildman–Crippen LogP) is 3.29. The molecule has 3 aromatic carbocycles. The Hall–Kier alpha value is -4.57. The van der Waals surface area contributed by atoms with E-state index in [-0.39, 0.29) is 33.8 Å². The number of aromatic nitrogens is 2. The van der Waals surface area contributed by atoms with E-state index in [2.05, 4.69) is 5.32 Å². The molecule has 0 spiro atoms. The van der Waals surface area contributed by atoms with Crippen molar-refractivity contribution in [2.75, 3.05) is 26.6 Å². The lowest BCUT2D eigenvalue weighted by Gasteiger charge is -2.16. The predicted molar refractivity (Wildman–Crippen MR) is 147 cm³/mol. The molecule has 202 valence electrons. The van der Waals surface area contributed by atoms with Crippen LogP contribution in [0.5, 0.6) is 17.2 Å². The summed E-state index contributed by atoms with van der Waals surface area (Å²) in [5.41, 5.74) is -0.146. The van der Waals surface area contributed by atoms with Gasteiger partial charge in [0.2, 0.25) is 5.91 Å². The Balaban J connectivity index is 1.65. The van der Waals surface area contributed by atoms with Gasteiger partial charge >= 0.3 is 5.69 Å². The lowest BCUT2D eigenvalue weighted by Crippen LogP contribution is -2.43. The first-order valence-electron chi connectivity index (χ1n) is 11.8. The standard InChI is InChI=1S/C28H26ClN3O7/c1-37-19-10-8-17(9-11-19)12-18(33)15-32-27(35)20-6-4-5-7-23(20)31(28(32)36)16-26(34)30-22-13-21(29)24(38-2)14-25(22)39-3/h4-11,13-14H,12,15-16H2,1-3H3,(H,30,34). The van der Waals surface area contributed by atoms with E-state index in [0.717, 1.165) is 9.13 Å². The first kappa shape index (κ1) is 27.5. The molecule has 11 heteroatoms. The minimum absolute atomic E-state index is 0.0151. The van der Waals surface area contributed by atoms with Gasteiger partial charge in [0, 0.05) is 12.5 Å². The summed E-state index contributed by atoms with van der Waals surface area (Å²) in [6.07, 6.45) is 0.0151. The highest BCUT2D eigenvalue weighted by Gasteiger charge is 2.19. The average molecular weight is 552 g/mol. The fourth-order valence-corrected chi connectivity index (χ4v) is 4.40. The smallest absolute Gasteiger partial charge is 0.332 e. The van der Waals surface area contributed by atoms with Crippen LogP contribution in [-0.4, -0.2) is 42.2 Å². The molecule has 4 rings (SSSR count). The van der Waals surface area contributed by atoms with Gasteiger partial charge < -0.3 is 19.5 Å². The minimum atomic E-state index is -0.781. The average Bonchev–Trinajstić information content (AvgIpc) is 2.94. The van der Waals surface area contributed by atoms with Crippen LogP contribution in [0.4, 0.5) is 5.69 Å². The van der Waals surface area contributed by atoms with Crippen molar-refractivity contribution in [1.82, 2.24) is 9.13 Å². The highest BCUT2D eigenvalue weighted by molar-refractivity contribution is 6.32. The van der Waals surface area contributed by atoms with Crippen molar-refractivity contribution in [2.45, 2.75) is 19.5 Å². The molecule has 1 N–H and O–H groups in total. The number of para-hydroxylation sites is 1. The Morgan fingerprint density at radius 3 is 2.21 bits per heavy atom. The molecule has 0 unspecified atom stereocenters. The molecule has 39 heavy (non-hydrogen) atoms. The Morgan fingerprint density at radius 1 is 0.846 bits per heavy atom. The zero-order valence-corrected chi connectivity index (χ0v) is 22.3. The molecule has 10 nitrogen and oxygen atoms in total. The van der Waals surface area contributed by atoms with Crippen molar-refractivity contribution in [3.05, 3.63) is 92.1 Å². The van der Waals surface area contributed by atoms with Gasteiger partial charge in [0.25, 0.3) is 5.56 Å². The molecule has 1 amide bonds. The van der Waals surface area contributed by atoms with Crippen molar-refractivity contribution >= 4 is 39.9 Å². The van der Waals surface area contributed by atoms with Gasteiger partial charge in [-0.15, -0.1) is 0 Å². The second-order valence-corrected chi connectivity index (χ2v) is 8.98. The Morgan fingerprint density at radius 2 is 1.54 bits per heavy atom. The van der Waals surface area contributed by atoms with Crippen LogP contribution in [0.1, 0.15) is 5.56 Å². The highest BCUT2D eigenvalue weighted by Crippen LogP contribution is 2.35. The number of anilines is 1. The van der Waals surface area contributed by atoms with E-state index in [1.54, 1.807) is 55.6 Å². The van der Waals surface area contributed by atoms with Crippen LogP contribution in [0.15, 0.2) is 70.3 Å². The van der Waals surface area contributed by atoms with Crippen molar-refractivity contribution < 1.29 is 23.8 Å². The topological polar surface area (TPSA) is 118 Å². The number of benzene rings is 3.